The molecule has 0 aromatic carbocycles. The molecule has 156 valence electrons. The molecular weight excluding hydrogens is 406 g/mol. The normalized spacial score (nSPS) is 23.7. The molecule has 29 heavy (non-hydrogen) atoms. The number of fused-ring (bicyclic) bond motifs is 1. The number of nitrogens with zero attached hydrogens (tertiary/aromatic N) is 4. The van der Waals surface area contributed by atoms with E-state index in [4.69, 9.17) is 31.5 Å². The molecule has 0 radical (unpaired) electrons. The standard InChI is InChI=1S/C17H20ClN5O6/c1-7(24)27-5-10-4-11(14(29-9(3)26)13(10)28-8(2)25)23-6-20-12-15(18)21-17(19)22-16(12)23/h6,10-11,13-14H,4-5H2,1-3H3,(H2,19,21,22)/t10-,11-,13-,14+/m1/s1. The Bertz CT molecular complexity index is 963. The number of aromatic nitrogens is 4. The van der Waals surface area contributed by atoms with Crippen LogP contribution in [0.4, 0.5) is 5.95 Å². The van der Waals surface area contributed by atoms with Crippen LogP contribution in [0, 0.1) is 5.92 Å². The first kappa shape index (κ1) is 20.8. The van der Waals surface area contributed by atoms with Crippen LogP contribution in [0.5, 0.6) is 0 Å². The highest BCUT2D eigenvalue weighted by Gasteiger charge is 2.49. The van der Waals surface area contributed by atoms with Gasteiger partial charge < -0.3 is 24.5 Å². The first-order chi connectivity index (χ1) is 13.7. The van der Waals surface area contributed by atoms with E-state index in [1.54, 1.807) is 4.57 Å². The van der Waals surface area contributed by atoms with Crippen molar-refractivity contribution in [2.24, 2.45) is 5.92 Å². The maximum Gasteiger partial charge on any atom is 0.303 e. The fraction of sp³-hybridized carbons (Fsp3) is 0.529. The topological polar surface area (TPSA) is 149 Å². The van der Waals surface area contributed by atoms with E-state index in [2.05, 4.69) is 15.0 Å². The summed E-state index contributed by atoms with van der Waals surface area (Å²) < 4.78 is 17.7. The van der Waals surface area contributed by atoms with Crippen LogP contribution in [0.3, 0.4) is 0 Å². The number of anilines is 1. The lowest BCUT2D eigenvalue weighted by Crippen LogP contribution is -2.38. The number of hydrogen-bond donors (Lipinski definition) is 1. The molecule has 0 spiro atoms. The summed E-state index contributed by atoms with van der Waals surface area (Å²) in [6, 6.07) is -0.515. The summed E-state index contributed by atoms with van der Waals surface area (Å²) in [5, 5.41) is 0.0845. The largest absolute Gasteiger partial charge is 0.465 e. The van der Waals surface area contributed by atoms with E-state index in [-0.39, 0.29) is 17.7 Å². The predicted molar refractivity (Wildman–Crippen MR) is 99.6 cm³/mol. The third kappa shape index (κ3) is 4.39. The highest BCUT2D eigenvalue weighted by Crippen LogP contribution is 2.41. The van der Waals surface area contributed by atoms with E-state index in [0.717, 1.165) is 0 Å². The lowest BCUT2D eigenvalue weighted by Gasteiger charge is -2.26. The highest BCUT2D eigenvalue weighted by molar-refractivity contribution is 6.33. The van der Waals surface area contributed by atoms with Crippen molar-refractivity contribution >= 4 is 46.6 Å². The van der Waals surface area contributed by atoms with E-state index in [1.807, 2.05) is 0 Å². The maximum atomic E-state index is 11.8. The Morgan fingerprint density at radius 2 is 1.79 bits per heavy atom. The van der Waals surface area contributed by atoms with E-state index in [0.29, 0.717) is 17.6 Å². The number of esters is 3. The number of rotatable bonds is 5. The maximum absolute atomic E-state index is 11.8. The van der Waals surface area contributed by atoms with Crippen LogP contribution in [0.15, 0.2) is 6.33 Å². The van der Waals surface area contributed by atoms with Crippen molar-refractivity contribution in [2.45, 2.75) is 45.4 Å². The van der Waals surface area contributed by atoms with Gasteiger partial charge in [-0.15, -0.1) is 0 Å². The quantitative estimate of drug-likeness (QED) is 0.418. The van der Waals surface area contributed by atoms with Crippen LogP contribution in [0.2, 0.25) is 5.15 Å². The second kappa shape index (κ2) is 8.19. The molecule has 0 bridgehead atoms. The van der Waals surface area contributed by atoms with Gasteiger partial charge in [-0.1, -0.05) is 11.6 Å². The molecule has 3 rings (SSSR count). The van der Waals surface area contributed by atoms with Crippen LogP contribution in [0.25, 0.3) is 11.2 Å². The van der Waals surface area contributed by atoms with Crippen molar-refractivity contribution in [3.8, 4) is 0 Å². The molecule has 0 saturated heterocycles. The minimum Gasteiger partial charge on any atom is -0.465 e. The summed E-state index contributed by atoms with van der Waals surface area (Å²) in [7, 11) is 0. The number of imidazole rings is 1. The number of ether oxygens (including phenoxy) is 3. The third-order valence-electron chi connectivity index (χ3n) is 4.57. The SMILES string of the molecule is CC(=O)OC[C@H]1C[C@@H](n2cnc3c(Cl)nc(N)nc32)[C@H](OC(C)=O)[C@@H]1OC(C)=O. The summed E-state index contributed by atoms with van der Waals surface area (Å²) in [5.74, 6) is -2.03. The Morgan fingerprint density at radius 1 is 1.14 bits per heavy atom. The molecule has 1 aliphatic rings. The van der Waals surface area contributed by atoms with Crippen molar-refractivity contribution in [3.63, 3.8) is 0 Å². The zero-order valence-corrected chi connectivity index (χ0v) is 16.8. The molecule has 11 nitrogen and oxygen atoms in total. The molecule has 2 heterocycles. The summed E-state index contributed by atoms with van der Waals surface area (Å²) in [4.78, 5) is 47.0. The molecule has 2 aromatic heterocycles. The Hall–Kier alpha value is -2.95. The van der Waals surface area contributed by atoms with Crippen LogP contribution in [0.1, 0.15) is 33.2 Å². The Labute approximate surface area is 170 Å². The molecular formula is C17H20ClN5O6. The fourth-order valence-electron chi connectivity index (χ4n) is 3.56. The van der Waals surface area contributed by atoms with Gasteiger partial charge in [0, 0.05) is 26.7 Å². The molecule has 0 aliphatic heterocycles. The van der Waals surface area contributed by atoms with Gasteiger partial charge in [0.1, 0.15) is 11.6 Å². The molecule has 1 fully saturated rings. The highest BCUT2D eigenvalue weighted by atomic mass is 35.5. The number of carbonyl (C=O) groups is 3. The van der Waals surface area contributed by atoms with Gasteiger partial charge in [-0.25, -0.2) is 4.98 Å². The molecule has 12 heteroatoms. The number of nitrogens with two attached hydrogens (primary N) is 1. The zero-order valence-electron chi connectivity index (χ0n) is 16.0. The third-order valence-corrected chi connectivity index (χ3v) is 4.83. The molecule has 0 unspecified atom stereocenters. The van der Waals surface area contributed by atoms with E-state index in [9.17, 15) is 14.4 Å². The van der Waals surface area contributed by atoms with Crippen LogP contribution >= 0.6 is 11.6 Å². The first-order valence-electron chi connectivity index (χ1n) is 8.80. The summed E-state index contributed by atoms with van der Waals surface area (Å²) in [5.41, 5.74) is 6.38. The Kier molecular flexibility index (Phi) is 5.87. The molecule has 0 amide bonds. The average Bonchev–Trinajstić information content (AvgIpc) is 3.15. The van der Waals surface area contributed by atoms with Crippen molar-refractivity contribution in [2.75, 3.05) is 12.3 Å². The first-order valence-corrected chi connectivity index (χ1v) is 9.18. The molecule has 1 saturated carbocycles. The summed E-state index contributed by atoms with van der Waals surface area (Å²) in [6.07, 6.45) is 0.151. The average molecular weight is 426 g/mol. The van der Waals surface area contributed by atoms with Gasteiger partial charge in [-0.05, 0) is 6.42 Å². The van der Waals surface area contributed by atoms with Crippen LogP contribution in [-0.4, -0.2) is 56.2 Å². The van der Waals surface area contributed by atoms with Crippen molar-refractivity contribution in [1.82, 2.24) is 19.5 Å². The van der Waals surface area contributed by atoms with Gasteiger partial charge in [-0.2, -0.15) is 9.97 Å². The van der Waals surface area contributed by atoms with Crippen LogP contribution in [-0.2, 0) is 28.6 Å². The van der Waals surface area contributed by atoms with Crippen molar-refractivity contribution in [1.29, 1.82) is 0 Å². The zero-order chi connectivity index (χ0) is 21.3. The van der Waals surface area contributed by atoms with Gasteiger partial charge in [0.25, 0.3) is 0 Å². The number of nitrogen functional groups attached to an aromatic ring is 1. The number of carbonyl (C=O) groups excluding carboxylic acids is 3. The predicted octanol–water partition coefficient (Wildman–Crippen LogP) is 1.05. The molecule has 4 atom stereocenters. The Balaban J connectivity index is 2.04. The number of hydrogen-bond acceptors (Lipinski definition) is 10. The van der Waals surface area contributed by atoms with Gasteiger partial charge in [-0.3, -0.25) is 14.4 Å². The molecule has 2 aromatic rings. The Morgan fingerprint density at radius 3 is 2.41 bits per heavy atom. The minimum absolute atomic E-state index is 0.00788. The lowest BCUT2D eigenvalue weighted by atomic mass is 10.1. The van der Waals surface area contributed by atoms with Gasteiger partial charge in [0.15, 0.2) is 16.9 Å². The molecule has 2 N–H and O–H groups in total. The van der Waals surface area contributed by atoms with Crippen LogP contribution < -0.4 is 5.73 Å². The number of halogens is 1. The summed E-state index contributed by atoms with van der Waals surface area (Å²) in [6.45, 7) is 3.78. The second-order valence-corrected chi connectivity index (χ2v) is 7.07. The van der Waals surface area contributed by atoms with Gasteiger partial charge >= 0.3 is 17.9 Å². The fourth-order valence-corrected chi connectivity index (χ4v) is 3.78. The lowest BCUT2D eigenvalue weighted by molar-refractivity contribution is -0.168. The van der Waals surface area contributed by atoms with Gasteiger partial charge in [0.05, 0.1) is 19.0 Å². The smallest absolute Gasteiger partial charge is 0.303 e. The van der Waals surface area contributed by atoms with E-state index < -0.39 is 42.1 Å². The monoisotopic (exact) mass is 425 g/mol. The van der Waals surface area contributed by atoms with E-state index >= 15 is 0 Å². The second-order valence-electron chi connectivity index (χ2n) is 6.71. The molecule has 1 aliphatic carbocycles. The van der Waals surface area contributed by atoms with E-state index in [1.165, 1.54) is 27.1 Å². The summed E-state index contributed by atoms with van der Waals surface area (Å²) >= 11 is 6.09. The van der Waals surface area contributed by atoms with Crippen molar-refractivity contribution in [3.05, 3.63) is 11.5 Å². The minimum atomic E-state index is -0.857. The van der Waals surface area contributed by atoms with Gasteiger partial charge in [0.2, 0.25) is 5.95 Å². The van der Waals surface area contributed by atoms with Crippen molar-refractivity contribution < 1.29 is 28.6 Å².